The molecular weight excluding hydrogens is 200 g/mol. The first-order valence-corrected chi connectivity index (χ1v) is 5.96. The Bertz CT molecular complexity index is 306. The van der Waals surface area contributed by atoms with E-state index in [1.54, 1.807) is 6.92 Å². The standard InChI is InChI=1S/C13H23N2O/c1-12(16)14-10-6-5-8-13(14)9-7-11-15(2,3)4/h13H,5-6,8,10-11H2,1-4H3/q+1. The van der Waals surface area contributed by atoms with Crippen LogP contribution >= 0.6 is 0 Å². The Hall–Kier alpha value is -1.01. The van der Waals surface area contributed by atoms with Crippen molar-refractivity contribution in [1.29, 1.82) is 0 Å². The summed E-state index contributed by atoms with van der Waals surface area (Å²) in [7, 11) is 6.37. The van der Waals surface area contributed by atoms with Crippen molar-refractivity contribution < 1.29 is 9.28 Å². The van der Waals surface area contributed by atoms with E-state index in [1.807, 2.05) is 4.90 Å². The molecule has 0 spiro atoms. The van der Waals surface area contributed by atoms with Gasteiger partial charge in [-0.1, -0.05) is 5.92 Å². The van der Waals surface area contributed by atoms with Crippen LogP contribution in [0.2, 0.25) is 0 Å². The lowest BCUT2D eigenvalue weighted by molar-refractivity contribution is -0.862. The predicted octanol–water partition coefficient (Wildman–Crippen LogP) is 1.10. The van der Waals surface area contributed by atoms with Gasteiger partial charge in [0.05, 0.1) is 27.2 Å². The molecule has 1 atom stereocenters. The van der Waals surface area contributed by atoms with Gasteiger partial charge in [-0.25, -0.2) is 0 Å². The predicted molar refractivity (Wildman–Crippen MR) is 65.7 cm³/mol. The molecule has 0 N–H and O–H groups in total. The zero-order valence-electron chi connectivity index (χ0n) is 10.9. The summed E-state index contributed by atoms with van der Waals surface area (Å²) in [5, 5.41) is 0. The Labute approximate surface area is 99.0 Å². The lowest BCUT2D eigenvalue weighted by Gasteiger charge is -2.31. The summed E-state index contributed by atoms with van der Waals surface area (Å²) in [6.07, 6.45) is 3.34. The lowest BCUT2D eigenvalue weighted by Crippen LogP contribution is -2.42. The quantitative estimate of drug-likeness (QED) is 0.481. The fraction of sp³-hybridized carbons (Fsp3) is 0.769. The average molecular weight is 223 g/mol. The van der Waals surface area contributed by atoms with E-state index in [0.29, 0.717) is 0 Å². The second kappa shape index (κ2) is 5.36. The van der Waals surface area contributed by atoms with Crippen molar-refractivity contribution >= 4 is 5.91 Å². The van der Waals surface area contributed by atoms with Crippen molar-refractivity contribution in [3.63, 3.8) is 0 Å². The third-order valence-corrected chi connectivity index (χ3v) is 2.73. The highest BCUT2D eigenvalue weighted by Gasteiger charge is 2.22. The number of likely N-dealkylation sites (tertiary alicyclic amines) is 1. The van der Waals surface area contributed by atoms with Gasteiger partial charge >= 0.3 is 0 Å². The molecule has 0 aromatic carbocycles. The van der Waals surface area contributed by atoms with E-state index in [-0.39, 0.29) is 11.9 Å². The molecule has 0 aromatic heterocycles. The molecule has 0 bridgehead atoms. The molecule has 1 saturated heterocycles. The van der Waals surface area contributed by atoms with Crippen LogP contribution in [0.5, 0.6) is 0 Å². The Balaban J connectivity index is 2.59. The third kappa shape index (κ3) is 4.24. The third-order valence-electron chi connectivity index (χ3n) is 2.73. The maximum absolute atomic E-state index is 11.4. The average Bonchev–Trinajstić information content (AvgIpc) is 2.16. The van der Waals surface area contributed by atoms with Crippen LogP contribution in [0.3, 0.4) is 0 Å². The molecule has 1 aliphatic heterocycles. The maximum Gasteiger partial charge on any atom is 0.220 e. The second-order valence-electron chi connectivity index (χ2n) is 5.49. The van der Waals surface area contributed by atoms with E-state index in [1.165, 1.54) is 6.42 Å². The van der Waals surface area contributed by atoms with Gasteiger partial charge in [0.2, 0.25) is 5.91 Å². The van der Waals surface area contributed by atoms with Gasteiger partial charge in [-0.3, -0.25) is 4.79 Å². The number of quaternary nitrogens is 1. The molecule has 3 nitrogen and oxygen atoms in total. The molecule has 0 aliphatic carbocycles. The summed E-state index contributed by atoms with van der Waals surface area (Å²) in [4.78, 5) is 13.3. The molecule has 90 valence electrons. The zero-order chi connectivity index (χ0) is 12.2. The fourth-order valence-electron chi connectivity index (χ4n) is 1.86. The number of rotatable bonds is 1. The van der Waals surface area contributed by atoms with E-state index in [2.05, 4.69) is 33.0 Å². The summed E-state index contributed by atoms with van der Waals surface area (Å²) in [5.41, 5.74) is 0. The number of piperidine rings is 1. The molecule has 1 heterocycles. The minimum atomic E-state index is 0.151. The smallest absolute Gasteiger partial charge is 0.220 e. The Kier molecular flexibility index (Phi) is 4.37. The molecule has 1 unspecified atom stereocenters. The monoisotopic (exact) mass is 223 g/mol. The first-order chi connectivity index (χ1) is 7.40. The molecular formula is C13H23N2O+. The lowest BCUT2D eigenvalue weighted by atomic mass is 10.0. The van der Waals surface area contributed by atoms with Crippen LogP contribution in [0, 0.1) is 11.8 Å². The second-order valence-corrected chi connectivity index (χ2v) is 5.49. The Morgan fingerprint density at radius 3 is 2.62 bits per heavy atom. The first-order valence-electron chi connectivity index (χ1n) is 5.96. The number of carbonyl (C=O) groups is 1. The summed E-state index contributed by atoms with van der Waals surface area (Å²) in [6, 6.07) is 0.151. The highest BCUT2D eigenvalue weighted by molar-refractivity contribution is 5.74. The fourth-order valence-corrected chi connectivity index (χ4v) is 1.86. The molecule has 0 saturated carbocycles. The zero-order valence-corrected chi connectivity index (χ0v) is 10.9. The van der Waals surface area contributed by atoms with Gasteiger partial charge in [0.15, 0.2) is 0 Å². The molecule has 0 radical (unpaired) electrons. The van der Waals surface area contributed by atoms with E-state index >= 15 is 0 Å². The molecule has 3 heteroatoms. The molecule has 1 amide bonds. The van der Waals surface area contributed by atoms with Crippen molar-refractivity contribution in [3.05, 3.63) is 0 Å². The first kappa shape index (κ1) is 13.1. The topological polar surface area (TPSA) is 20.3 Å². The number of hydrogen-bond acceptors (Lipinski definition) is 1. The van der Waals surface area contributed by atoms with Gasteiger partial charge in [-0.15, -0.1) is 0 Å². The van der Waals surface area contributed by atoms with Crippen molar-refractivity contribution in [2.45, 2.75) is 32.2 Å². The van der Waals surface area contributed by atoms with E-state index in [4.69, 9.17) is 0 Å². The van der Waals surface area contributed by atoms with E-state index < -0.39 is 0 Å². The molecule has 1 aliphatic rings. The number of nitrogens with zero attached hydrogens (tertiary/aromatic N) is 2. The van der Waals surface area contributed by atoms with E-state index in [0.717, 1.165) is 30.4 Å². The summed E-state index contributed by atoms with van der Waals surface area (Å²) < 4.78 is 0.847. The van der Waals surface area contributed by atoms with Crippen LogP contribution in [0.4, 0.5) is 0 Å². The van der Waals surface area contributed by atoms with Gasteiger partial charge in [-0.05, 0) is 25.2 Å². The van der Waals surface area contributed by atoms with Gasteiger partial charge < -0.3 is 9.38 Å². The number of amides is 1. The number of hydrogen-bond donors (Lipinski definition) is 0. The van der Waals surface area contributed by atoms with Crippen LogP contribution in [0.25, 0.3) is 0 Å². The summed E-state index contributed by atoms with van der Waals surface area (Å²) in [6.45, 7) is 3.35. The van der Waals surface area contributed by atoms with E-state index in [9.17, 15) is 4.79 Å². The maximum atomic E-state index is 11.4. The van der Waals surface area contributed by atoms with Crippen LogP contribution in [0.15, 0.2) is 0 Å². The van der Waals surface area contributed by atoms with Crippen LogP contribution in [0.1, 0.15) is 26.2 Å². The normalized spacial score (nSPS) is 21.2. The van der Waals surface area contributed by atoms with Crippen LogP contribution < -0.4 is 0 Å². The summed E-state index contributed by atoms with van der Waals surface area (Å²) >= 11 is 0. The van der Waals surface area contributed by atoms with Crippen molar-refractivity contribution in [3.8, 4) is 11.8 Å². The highest BCUT2D eigenvalue weighted by Crippen LogP contribution is 2.16. The van der Waals surface area contributed by atoms with Gasteiger partial charge in [0.1, 0.15) is 6.54 Å². The Morgan fingerprint density at radius 1 is 1.38 bits per heavy atom. The molecule has 0 aromatic rings. The van der Waals surface area contributed by atoms with Crippen molar-refractivity contribution in [1.82, 2.24) is 4.90 Å². The minimum absolute atomic E-state index is 0.151. The van der Waals surface area contributed by atoms with Crippen LogP contribution in [-0.4, -0.2) is 55.6 Å². The Morgan fingerprint density at radius 2 is 2.06 bits per heavy atom. The van der Waals surface area contributed by atoms with Gasteiger partial charge in [0, 0.05) is 13.5 Å². The SMILES string of the molecule is CC(=O)N1CCCCC1C#CC[N+](C)(C)C. The summed E-state index contributed by atoms with van der Waals surface area (Å²) in [5.74, 6) is 6.61. The van der Waals surface area contributed by atoms with Crippen molar-refractivity contribution in [2.24, 2.45) is 0 Å². The molecule has 16 heavy (non-hydrogen) atoms. The van der Waals surface area contributed by atoms with Crippen LogP contribution in [-0.2, 0) is 4.79 Å². The van der Waals surface area contributed by atoms with Crippen molar-refractivity contribution in [2.75, 3.05) is 34.2 Å². The van der Waals surface area contributed by atoms with Gasteiger partial charge in [-0.2, -0.15) is 0 Å². The molecule has 1 fully saturated rings. The highest BCUT2D eigenvalue weighted by atomic mass is 16.2. The largest absolute Gasteiger partial charge is 0.329 e. The molecule has 1 rings (SSSR count). The van der Waals surface area contributed by atoms with Gasteiger partial charge in [0.25, 0.3) is 0 Å². The number of carbonyl (C=O) groups excluding carboxylic acids is 1. The minimum Gasteiger partial charge on any atom is -0.329 e.